The lowest BCUT2D eigenvalue weighted by Gasteiger charge is -2.06. The van der Waals surface area contributed by atoms with Crippen molar-refractivity contribution >= 4 is 45.3 Å². The second-order valence-electron chi connectivity index (χ2n) is 6.76. The number of aromatic nitrogens is 4. The third-order valence-electron chi connectivity index (χ3n) is 4.79. The highest BCUT2D eigenvalue weighted by Gasteiger charge is 2.06. The Morgan fingerprint density at radius 1 is 0.633 bits per heavy atom. The summed E-state index contributed by atoms with van der Waals surface area (Å²) in [6, 6.07) is 19.4. The molecule has 0 aliphatic rings. The first-order chi connectivity index (χ1) is 14.7. The molecule has 30 heavy (non-hydrogen) atoms. The molecule has 4 N–H and O–H groups in total. The van der Waals surface area contributed by atoms with Gasteiger partial charge in [0.2, 0.25) is 11.9 Å². The Bertz CT molecular complexity index is 1220. The van der Waals surface area contributed by atoms with Crippen molar-refractivity contribution in [3.8, 4) is 11.5 Å². The summed E-state index contributed by atoms with van der Waals surface area (Å²) >= 11 is 0. The van der Waals surface area contributed by atoms with Gasteiger partial charge in [-0.15, -0.1) is 0 Å². The molecule has 0 saturated heterocycles. The van der Waals surface area contributed by atoms with E-state index < -0.39 is 0 Å². The zero-order valence-corrected chi connectivity index (χ0v) is 16.5. The summed E-state index contributed by atoms with van der Waals surface area (Å²) in [5.74, 6) is 2.92. The van der Waals surface area contributed by atoms with Gasteiger partial charge in [-0.2, -0.15) is 0 Å². The summed E-state index contributed by atoms with van der Waals surface area (Å²) in [5, 5.41) is 6.57. The van der Waals surface area contributed by atoms with E-state index in [1.807, 2.05) is 60.7 Å². The minimum atomic E-state index is 0.671. The Hall–Kier alpha value is -4.20. The minimum Gasteiger partial charge on any atom is -0.497 e. The van der Waals surface area contributed by atoms with E-state index in [0.717, 1.165) is 44.9 Å². The van der Waals surface area contributed by atoms with Gasteiger partial charge in [-0.3, -0.25) is 0 Å². The number of anilines is 4. The SMILES string of the molecule is COc1ccc2nc(Nc3ccc(Nc4nc5ccc(OC)cc5[nH]4)cc3)[nH]c2c1. The fourth-order valence-electron chi connectivity index (χ4n) is 3.26. The van der Waals surface area contributed by atoms with Gasteiger partial charge >= 0.3 is 0 Å². The molecule has 0 spiro atoms. The van der Waals surface area contributed by atoms with Crippen molar-refractivity contribution in [2.75, 3.05) is 24.9 Å². The van der Waals surface area contributed by atoms with Crippen LogP contribution in [0.2, 0.25) is 0 Å². The van der Waals surface area contributed by atoms with Crippen LogP contribution in [-0.4, -0.2) is 34.2 Å². The van der Waals surface area contributed by atoms with Gasteiger partial charge in [0, 0.05) is 23.5 Å². The molecule has 0 amide bonds. The average molecular weight is 400 g/mol. The monoisotopic (exact) mass is 400 g/mol. The molecule has 5 rings (SSSR count). The van der Waals surface area contributed by atoms with E-state index in [1.54, 1.807) is 14.2 Å². The maximum atomic E-state index is 5.25. The van der Waals surface area contributed by atoms with E-state index in [1.165, 1.54) is 0 Å². The van der Waals surface area contributed by atoms with Crippen molar-refractivity contribution in [3.63, 3.8) is 0 Å². The van der Waals surface area contributed by atoms with Gasteiger partial charge in [0.15, 0.2) is 0 Å². The molecular formula is C22H20N6O2. The van der Waals surface area contributed by atoms with E-state index in [9.17, 15) is 0 Å². The van der Waals surface area contributed by atoms with Gasteiger partial charge in [0.25, 0.3) is 0 Å². The number of fused-ring (bicyclic) bond motifs is 2. The summed E-state index contributed by atoms with van der Waals surface area (Å²) < 4.78 is 10.5. The minimum absolute atomic E-state index is 0.671. The van der Waals surface area contributed by atoms with E-state index in [0.29, 0.717) is 11.9 Å². The summed E-state index contributed by atoms with van der Waals surface area (Å²) in [6.45, 7) is 0. The van der Waals surface area contributed by atoms with E-state index in [2.05, 4.69) is 30.6 Å². The van der Waals surface area contributed by atoms with Gasteiger partial charge in [-0.05, 0) is 48.5 Å². The fourth-order valence-corrected chi connectivity index (χ4v) is 3.26. The van der Waals surface area contributed by atoms with Gasteiger partial charge in [-0.25, -0.2) is 9.97 Å². The molecule has 0 bridgehead atoms. The van der Waals surface area contributed by atoms with Gasteiger partial charge in [0.1, 0.15) is 11.5 Å². The highest BCUT2D eigenvalue weighted by molar-refractivity contribution is 5.81. The molecule has 0 saturated carbocycles. The Labute approximate surface area is 172 Å². The summed E-state index contributed by atoms with van der Waals surface area (Å²) in [4.78, 5) is 15.6. The molecule has 0 radical (unpaired) electrons. The van der Waals surface area contributed by atoms with Gasteiger partial charge in [-0.1, -0.05) is 0 Å². The van der Waals surface area contributed by atoms with Gasteiger partial charge < -0.3 is 30.1 Å². The van der Waals surface area contributed by atoms with Crippen LogP contribution in [0.15, 0.2) is 60.7 Å². The quantitative estimate of drug-likeness (QED) is 0.322. The van der Waals surface area contributed by atoms with Crippen LogP contribution in [0, 0.1) is 0 Å². The van der Waals surface area contributed by atoms with Crippen LogP contribution in [0.5, 0.6) is 11.5 Å². The molecule has 2 heterocycles. The maximum Gasteiger partial charge on any atom is 0.205 e. The van der Waals surface area contributed by atoms with E-state index >= 15 is 0 Å². The predicted octanol–water partition coefficient (Wildman–Crippen LogP) is 4.94. The molecule has 150 valence electrons. The van der Waals surface area contributed by atoms with Crippen LogP contribution in [0.1, 0.15) is 0 Å². The number of imidazole rings is 2. The normalized spacial score (nSPS) is 11.0. The van der Waals surface area contributed by atoms with Crippen LogP contribution in [0.4, 0.5) is 23.3 Å². The first-order valence-electron chi connectivity index (χ1n) is 9.42. The molecule has 8 heteroatoms. The Morgan fingerprint density at radius 2 is 1.07 bits per heavy atom. The van der Waals surface area contributed by atoms with E-state index in [-0.39, 0.29) is 0 Å². The van der Waals surface area contributed by atoms with Gasteiger partial charge in [0.05, 0.1) is 36.3 Å². The lowest BCUT2D eigenvalue weighted by molar-refractivity contribution is 0.415. The van der Waals surface area contributed by atoms with Crippen molar-refractivity contribution in [2.24, 2.45) is 0 Å². The zero-order valence-electron chi connectivity index (χ0n) is 16.5. The van der Waals surface area contributed by atoms with Crippen molar-refractivity contribution < 1.29 is 9.47 Å². The Morgan fingerprint density at radius 3 is 1.47 bits per heavy atom. The van der Waals surface area contributed by atoms with Crippen LogP contribution < -0.4 is 20.1 Å². The molecule has 2 aromatic heterocycles. The topological polar surface area (TPSA) is 99.9 Å². The number of H-pyrrole nitrogens is 2. The predicted molar refractivity (Wildman–Crippen MR) is 118 cm³/mol. The first kappa shape index (κ1) is 17.9. The molecule has 0 atom stereocenters. The van der Waals surface area contributed by atoms with Crippen molar-refractivity contribution in [2.45, 2.75) is 0 Å². The smallest absolute Gasteiger partial charge is 0.205 e. The van der Waals surface area contributed by atoms with Crippen molar-refractivity contribution in [1.29, 1.82) is 0 Å². The number of aromatic amines is 2. The highest BCUT2D eigenvalue weighted by atomic mass is 16.5. The number of nitrogens with one attached hydrogen (secondary N) is 4. The van der Waals surface area contributed by atoms with E-state index in [4.69, 9.17) is 9.47 Å². The van der Waals surface area contributed by atoms with Crippen molar-refractivity contribution in [3.05, 3.63) is 60.7 Å². The first-order valence-corrected chi connectivity index (χ1v) is 9.42. The zero-order chi connectivity index (χ0) is 20.5. The summed E-state index contributed by atoms with van der Waals surface area (Å²) in [5.41, 5.74) is 5.41. The van der Waals surface area contributed by atoms with Crippen LogP contribution in [0.25, 0.3) is 22.1 Å². The third-order valence-corrected chi connectivity index (χ3v) is 4.79. The second-order valence-corrected chi connectivity index (χ2v) is 6.76. The Kier molecular flexibility index (Phi) is 4.36. The molecule has 0 aliphatic carbocycles. The number of rotatable bonds is 6. The van der Waals surface area contributed by atoms with Crippen LogP contribution >= 0.6 is 0 Å². The lowest BCUT2D eigenvalue weighted by atomic mass is 10.3. The highest BCUT2D eigenvalue weighted by Crippen LogP contribution is 2.25. The largest absolute Gasteiger partial charge is 0.497 e. The number of hydrogen-bond acceptors (Lipinski definition) is 6. The molecular weight excluding hydrogens is 380 g/mol. The number of methoxy groups -OCH3 is 2. The van der Waals surface area contributed by atoms with Crippen LogP contribution in [-0.2, 0) is 0 Å². The number of benzene rings is 3. The number of hydrogen-bond donors (Lipinski definition) is 4. The van der Waals surface area contributed by atoms with Crippen molar-refractivity contribution in [1.82, 2.24) is 19.9 Å². The maximum absolute atomic E-state index is 5.25. The third kappa shape index (κ3) is 3.46. The standard InChI is InChI=1S/C22H20N6O2/c1-29-15-7-9-17-19(11-15)27-21(25-17)23-13-3-5-14(6-4-13)24-22-26-18-10-8-16(30-2)12-20(18)28-22/h3-12H,1-2H3,(H2,23,25,27)(H2,24,26,28). The summed E-state index contributed by atoms with van der Waals surface area (Å²) in [6.07, 6.45) is 0. The molecule has 8 nitrogen and oxygen atoms in total. The summed E-state index contributed by atoms with van der Waals surface area (Å²) in [7, 11) is 3.29. The van der Waals surface area contributed by atoms with Crippen LogP contribution in [0.3, 0.4) is 0 Å². The Balaban J connectivity index is 1.30. The second kappa shape index (κ2) is 7.32. The number of nitrogens with zero attached hydrogens (tertiary/aromatic N) is 2. The number of ether oxygens (including phenoxy) is 2. The molecule has 5 aromatic rings. The molecule has 0 aliphatic heterocycles. The average Bonchev–Trinajstić information content (AvgIpc) is 3.36. The molecule has 0 unspecified atom stereocenters. The molecule has 0 fully saturated rings. The fraction of sp³-hybridized carbons (Fsp3) is 0.0909. The molecule has 3 aromatic carbocycles. The lowest BCUT2D eigenvalue weighted by Crippen LogP contribution is -1.94.